The van der Waals surface area contributed by atoms with E-state index in [4.69, 9.17) is 28.3 Å². The molecule has 1 rings (SSSR count). The smallest absolute Gasteiger partial charge is 0.326 e. The molecule has 0 aliphatic heterocycles. The fourth-order valence-electron chi connectivity index (χ4n) is 1.72. The number of carbonyl (C=O) groups excluding carboxylic acids is 1. The summed E-state index contributed by atoms with van der Waals surface area (Å²) in [6.45, 7) is 5.17. The van der Waals surface area contributed by atoms with Gasteiger partial charge in [-0.3, -0.25) is 4.79 Å². The highest BCUT2D eigenvalue weighted by atomic mass is 35.5. The monoisotopic (exact) mass is 317 g/mol. The van der Waals surface area contributed by atoms with E-state index in [1.165, 1.54) is 0 Å². The average Bonchev–Trinajstić information content (AvgIpc) is 2.37. The van der Waals surface area contributed by atoms with E-state index < -0.39 is 17.9 Å². The Morgan fingerprint density at radius 2 is 1.75 bits per heavy atom. The van der Waals surface area contributed by atoms with Crippen molar-refractivity contribution in [2.24, 2.45) is 5.92 Å². The van der Waals surface area contributed by atoms with Gasteiger partial charge >= 0.3 is 5.97 Å². The van der Waals surface area contributed by atoms with Gasteiger partial charge in [-0.05, 0) is 30.5 Å². The van der Waals surface area contributed by atoms with Crippen molar-refractivity contribution in [3.05, 3.63) is 33.8 Å². The molecule has 1 aromatic rings. The Morgan fingerprint density at radius 3 is 2.20 bits per heavy atom. The molecule has 2 N–H and O–H groups in total. The molecule has 4 nitrogen and oxygen atoms in total. The number of hydrogen-bond acceptors (Lipinski definition) is 2. The second-order valence-corrected chi connectivity index (χ2v) is 5.78. The molecular formula is C14H17Cl2NO3. The molecule has 0 aromatic heterocycles. The van der Waals surface area contributed by atoms with Crippen LogP contribution >= 0.6 is 23.2 Å². The van der Waals surface area contributed by atoms with Crippen LogP contribution in [0.15, 0.2) is 18.2 Å². The van der Waals surface area contributed by atoms with Crippen LogP contribution < -0.4 is 5.32 Å². The summed E-state index contributed by atoms with van der Waals surface area (Å²) in [5.41, 5.74) is 0.685. The predicted molar refractivity (Wildman–Crippen MR) is 79.3 cm³/mol. The second kappa shape index (κ2) is 6.95. The van der Waals surface area contributed by atoms with Crippen LogP contribution in [0.3, 0.4) is 0 Å². The normalized spacial score (nSPS) is 13.9. The summed E-state index contributed by atoms with van der Waals surface area (Å²) in [6, 6.07) is 4.01. The van der Waals surface area contributed by atoms with E-state index in [0.29, 0.717) is 15.6 Å². The quantitative estimate of drug-likeness (QED) is 0.875. The fourth-order valence-corrected chi connectivity index (χ4v) is 2.03. The number of halogens is 2. The van der Waals surface area contributed by atoms with E-state index in [-0.39, 0.29) is 11.8 Å². The summed E-state index contributed by atoms with van der Waals surface area (Å²) < 4.78 is 0. The van der Waals surface area contributed by atoms with Gasteiger partial charge in [-0.15, -0.1) is 0 Å². The highest BCUT2D eigenvalue weighted by molar-refractivity contribution is 6.42. The fraction of sp³-hybridized carbons (Fsp3) is 0.429. The van der Waals surface area contributed by atoms with Crippen molar-refractivity contribution in [3.8, 4) is 0 Å². The molecule has 0 aliphatic rings. The maximum Gasteiger partial charge on any atom is 0.326 e. The molecule has 20 heavy (non-hydrogen) atoms. The molecule has 0 saturated carbocycles. The largest absolute Gasteiger partial charge is 0.480 e. The van der Waals surface area contributed by atoms with Gasteiger partial charge in [-0.25, -0.2) is 4.79 Å². The second-order valence-electron chi connectivity index (χ2n) is 4.96. The highest BCUT2D eigenvalue weighted by Crippen LogP contribution is 2.26. The van der Waals surface area contributed by atoms with E-state index in [2.05, 4.69) is 5.32 Å². The number of rotatable bonds is 5. The first kappa shape index (κ1) is 16.8. The lowest BCUT2D eigenvalue weighted by atomic mass is 9.98. The number of carboxylic acids is 1. The van der Waals surface area contributed by atoms with E-state index in [1.54, 1.807) is 39.0 Å². The van der Waals surface area contributed by atoms with Gasteiger partial charge in [0.1, 0.15) is 6.04 Å². The van der Waals surface area contributed by atoms with Crippen molar-refractivity contribution >= 4 is 35.1 Å². The Morgan fingerprint density at radius 1 is 1.15 bits per heavy atom. The van der Waals surface area contributed by atoms with Gasteiger partial charge in [0.2, 0.25) is 5.91 Å². The van der Waals surface area contributed by atoms with E-state index >= 15 is 0 Å². The van der Waals surface area contributed by atoms with Crippen LogP contribution in [-0.2, 0) is 9.59 Å². The Bertz CT molecular complexity index is 517. The standard InChI is InChI=1S/C14H17Cl2NO3/c1-7(2)12(14(19)20)17-13(18)8(3)9-4-5-10(15)11(16)6-9/h4-8,12H,1-3H3,(H,17,18)(H,19,20)/t8?,12-/m0/s1. The number of carbonyl (C=O) groups is 2. The number of hydrogen-bond donors (Lipinski definition) is 2. The highest BCUT2D eigenvalue weighted by Gasteiger charge is 2.26. The first-order chi connectivity index (χ1) is 9.23. The van der Waals surface area contributed by atoms with Crippen molar-refractivity contribution in [3.63, 3.8) is 0 Å². The Labute approximate surface area is 128 Å². The van der Waals surface area contributed by atoms with Crippen molar-refractivity contribution < 1.29 is 14.7 Å². The Hall–Kier alpha value is -1.26. The molecule has 0 saturated heterocycles. The van der Waals surface area contributed by atoms with Gasteiger partial charge in [-0.1, -0.05) is 43.1 Å². The molecule has 0 heterocycles. The maximum atomic E-state index is 12.1. The van der Waals surface area contributed by atoms with Crippen LogP contribution in [0.2, 0.25) is 10.0 Å². The van der Waals surface area contributed by atoms with Crippen LogP contribution in [-0.4, -0.2) is 23.0 Å². The summed E-state index contributed by atoms with van der Waals surface area (Å²) in [5.74, 6) is -2.11. The van der Waals surface area contributed by atoms with Crippen LogP contribution in [0.1, 0.15) is 32.3 Å². The van der Waals surface area contributed by atoms with E-state index in [9.17, 15) is 9.59 Å². The third-order valence-corrected chi connectivity index (χ3v) is 3.81. The van der Waals surface area contributed by atoms with Crippen LogP contribution in [0.4, 0.5) is 0 Å². The molecular weight excluding hydrogens is 301 g/mol. The third-order valence-electron chi connectivity index (χ3n) is 3.07. The van der Waals surface area contributed by atoms with Gasteiger partial charge in [-0.2, -0.15) is 0 Å². The molecule has 1 amide bonds. The lowest BCUT2D eigenvalue weighted by Gasteiger charge is -2.20. The summed E-state index contributed by atoms with van der Waals surface area (Å²) in [6.07, 6.45) is 0. The maximum absolute atomic E-state index is 12.1. The molecule has 6 heteroatoms. The topological polar surface area (TPSA) is 66.4 Å². The average molecular weight is 318 g/mol. The van der Waals surface area contributed by atoms with Gasteiger partial charge in [0.25, 0.3) is 0 Å². The molecule has 110 valence electrons. The summed E-state index contributed by atoms with van der Waals surface area (Å²) in [4.78, 5) is 23.2. The minimum absolute atomic E-state index is 0.197. The predicted octanol–water partition coefficient (Wildman–Crippen LogP) is 3.32. The van der Waals surface area contributed by atoms with Crippen LogP contribution in [0.5, 0.6) is 0 Å². The molecule has 0 radical (unpaired) electrons. The number of carboxylic acid groups (broad SMARTS) is 1. The minimum Gasteiger partial charge on any atom is -0.480 e. The Balaban J connectivity index is 2.85. The van der Waals surface area contributed by atoms with Crippen molar-refractivity contribution in [2.75, 3.05) is 0 Å². The van der Waals surface area contributed by atoms with Crippen molar-refractivity contribution in [1.82, 2.24) is 5.32 Å². The molecule has 0 bridgehead atoms. The SMILES string of the molecule is CC(C(=O)N[C@H](C(=O)O)C(C)C)c1ccc(Cl)c(Cl)c1. The van der Waals surface area contributed by atoms with Crippen molar-refractivity contribution in [1.29, 1.82) is 0 Å². The number of nitrogens with one attached hydrogen (secondary N) is 1. The minimum atomic E-state index is -1.05. The first-order valence-corrected chi connectivity index (χ1v) is 6.97. The van der Waals surface area contributed by atoms with Gasteiger partial charge in [0.15, 0.2) is 0 Å². The number of aliphatic carboxylic acids is 1. The zero-order valence-electron chi connectivity index (χ0n) is 11.5. The molecule has 1 unspecified atom stereocenters. The summed E-state index contributed by atoms with van der Waals surface area (Å²) in [5, 5.41) is 12.4. The van der Waals surface area contributed by atoms with E-state index in [1.807, 2.05) is 0 Å². The molecule has 0 spiro atoms. The van der Waals surface area contributed by atoms with Gasteiger partial charge < -0.3 is 10.4 Å². The van der Waals surface area contributed by atoms with E-state index in [0.717, 1.165) is 0 Å². The molecule has 1 aromatic carbocycles. The zero-order chi connectivity index (χ0) is 15.4. The van der Waals surface area contributed by atoms with Crippen LogP contribution in [0.25, 0.3) is 0 Å². The van der Waals surface area contributed by atoms with Crippen molar-refractivity contribution in [2.45, 2.75) is 32.7 Å². The zero-order valence-corrected chi connectivity index (χ0v) is 13.0. The van der Waals surface area contributed by atoms with Crippen LogP contribution in [0, 0.1) is 5.92 Å². The third kappa shape index (κ3) is 4.12. The summed E-state index contributed by atoms with van der Waals surface area (Å²) >= 11 is 11.7. The van der Waals surface area contributed by atoms with Gasteiger partial charge in [0, 0.05) is 0 Å². The lowest BCUT2D eigenvalue weighted by molar-refractivity contribution is -0.143. The lowest BCUT2D eigenvalue weighted by Crippen LogP contribution is -2.45. The molecule has 2 atom stereocenters. The van der Waals surface area contributed by atoms with Gasteiger partial charge in [0.05, 0.1) is 16.0 Å². The molecule has 0 aliphatic carbocycles. The summed E-state index contributed by atoms with van der Waals surface area (Å²) in [7, 11) is 0. The molecule has 0 fully saturated rings. The Kier molecular flexibility index (Phi) is 5.84. The number of benzene rings is 1. The first-order valence-electron chi connectivity index (χ1n) is 6.22. The number of amides is 1.